The molecular weight excluding hydrogens is 287 g/mol. The number of halogens is 1. The highest BCUT2D eigenvalue weighted by Gasteiger charge is 2.36. The second-order valence-electron chi connectivity index (χ2n) is 5.99. The van der Waals surface area contributed by atoms with Crippen molar-refractivity contribution in [1.29, 1.82) is 0 Å². The van der Waals surface area contributed by atoms with Gasteiger partial charge in [-0.2, -0.15) is 0 Å². The van der Waals surface area contributed by atoms with Crippen molar-refractivity contribution in [2.45, 2.75) is 18.9 Å². The number of rotatable bonds is 2. The summed E-state index contributed by atoms with van der Waals surface area (Å²) in [4.78, 5) is 28.0. The van der Waals surface area contributed by atoms with Gasteiger partial charge in [0.2, 0.25) is 5.91 Å². The van der Waals surface area contributed by atoms with E-state index in [0.29, 0.717) is 31.7 Å². The van der Waals surface area contributed by atoms with Crippen LogP contribution in [0.4, 0.5) is 4.39 Å². The Morgan fingerprint density at radius 1 is 1.09 bits per heavy atom. The molecule has 2 aliphatic heterocycles. The van der Waals surface area contributed by atoms with Crippen molar-refractivity contribution in [1.82, 2.24) is 9.80 Å². The minimum absolute atomic E-state index is 0.0157. The van der Waals surface area contributed by atoms with Gasteiger partial charge in [-0.15, -0.1) is 0 Å². The molecule has 0 aromatic heterocycles. The molecule has 1 N–H and O–H groups in total. The van der Waals surface area contributed by atoms with Crippen molar-refractivity contribution in [3.63, 3.8) is 0 Å². The summed E-state index contributed by atoms with van der Waals surface area (Å²) in [5, 5.41) is 9.29. The summed E-state index contributed by atoms with van der Waals surface area (Å²) in [7, 11) is 0. The molecule has 0 saturated carbocycles. The van der Waals surface area contributed by atoms with Crippen LogP contribution in [0.5, 0.6) is 0 Å². The van der Waals surface area contributed by atoms with Gasteiger partial charge in [0.25, 0.3) is 5.91 Å². The Hall–Kier alpha value is -1.95. The maximum Gasteiger partial charge on any atom is 0.253 e. The van der Waals surface area contributed by atoms with E-state index in [4.69, 9.17) is 0 Å². The van der Waals surface area contributed by atoms with E-state index in [9.17, 15) is 19.1 Å². The molecule has 1 aromatic carbocycles. The molecule has 1 atom stereocenters. The smallest absolute Gasteiger partial charge is 0.253 e. The summed E-state index contributed by atoms with van der Waals surface area (Å²) in [5.41, 5.74) is 0.439. The fraction of sp³-hybridized carbons (Fsp3) is 0.500. The van der Waals surface area contributed by atoms with Crippen molar-refractivity contribution in [3.05, 3.63) is 35.6 Å². The number of hydrogen-bond acceptors (Lipinski definition) is 3. The van der Waals surface area contributed by atoms with Crippen LogP contribution in [0.15, 0.2) is 24.3 Å². The first kappa shape index (κ1) is 15.0. The molecule has 2 saturated heterocycles. The monoisotopic (exact) mass is 306 g/mol. The van der Waals surface area contributed by atoms with Crippen LogP contribution in [-0.2, 0) is 4.79 Å². The number of carbonyl (C=O) groups is 2. The Morgan fingerprint density at radius 2 is 1.77 bits per heavy atom. The number of aliphatic hydroxyl groups is 1. The summed E-state index contributed by atoms with van der Waals surface area (Å²) in [6.07, 6.45) is 1.13. The number of piperidine rings is 1. The highest BCUT2D eigenvalue weighted by molar-refractivity contribution is 5.94. The quantitative estimate of drug-likeness (QED) is 0.882. The molecule has 6 heteroatoms. The van der Waals surface area contributed by atoms with Gasteiger partial charge in [0.05, 0.1) is 12.0 Å². The van der Waals surface area contributed by atoms with Crippen molar-refractivity contribution in [2.75, 3.05) is 26.2 Å². The van der Waals surface area contributed by atoms with Crippen LogP contribution in [0.2, 0.25) is 0 Å². The summed E-state index contributed by atoms with van der Waals surface area (Å²) < 4.78 is 12.9. The highest BCUT2D eigenvalue weighted by atomic mass is 19.1. The van der Waals surface area contributed by atoms with E-state index in [1.54, 1.807) is 9.80 Å². The molecule has 22 heavy (non-hydrogen) atoms. The van der Waals surface area contributed by atoms with Crippen LogP contribution in [-0.4, -0.2) is 59.0 Å². The Bertz CT molecular complexity index is 569. The Morgan fingerprint density at radius 3 is 2.41 bits per heavy atom. The molecule has 0 spiro atoms. The molecule has 2 amide bonds. The fourth-order valence-corrected chi connectivity index (χ4v) is 3.03. The predicted octanol–water partition coefficient (Wildman–Crippen LogP) is 0.881. The van der Waals surface area contributed by atoms with Gasteiger partial charge >= 0.3 is 0 Å². The molecule has 2 heterocycles. The number of likely N-dealkylation sites (tertiary alicyclic amines) is 2. The fourth-order valence-electron chi connectivity index (χ4n) is 3.03. The lowest BCUT2D eigenvalue weighted by molar-refractivity contribution is -0.147. The van der Waals surface area contributed by atoms with Crippen molar-refractivity contribution >= 4 is 11.8 Å². The minimum Gasteiger partial charge on any atom is -0.389 e. The van der Waals surface area contributed by atoms with Gasteiger partial charge in [0, 0.05) is 31.7 Å². The van der Waals surface area contributed by atoms with Crippen molar-refractivity contribution in [3.8, 4) is 0 Å². The molecule has 0 aliphatic carbocycles. The Labute approximate surface area is 128 Å². The van der Waals surface area contributed by atoms with E-state index >= 15 is 0 Å². The first-order chi connectivity index (χ1) is 10.5. The standard InChI is InChI=1S/C16H19FN2O3/c17-13-5-3-11(4-6-13)15(21)18-7-1-2-12(8-18)16(22)19-9-14(20)10-19/h3-6,12,14,20H,1-2,7-10H2. The highest BCUT2D eigenvalue weighted by Crippen LogP contribution is 2.23. The second-order valence-corrected chi connectivity index (χ2v) is 5.99. The Balaban J connectivity index is 1.63. The van der Waals surface area contributed by atoms with Gasteiger partial charge in [-0.25, -0.2) is 4.39 Å². The zero-order valence-electron chi connectivity index (χ0n) is 12.2. The number of amides is 2. The van der Waals surface area contributed by atoms with Crippen LogP contribution in [0, 0.1) is 11.7 Å². The number of carbonyl (C=O) groups excluding carboxylic acids is 2. The van der Waals surface area contributed by atoms with Crippen LogP contribution in [0.25, 0.3) is 0 Å². The van der Waals surface area contributed by atoms with Gasteiger partial charge in [0.15, 0.2) is 0 Å². The summed E-state index contributed by atoms with van der Waals surface area (Å²) in [6.45, 7) is 1.78. The Kier molecular flexibility index (Phi) is 4.11. The lowest BCUT2D eigenvalue weighted by Crippen LogP contribution is -2.57. The molecular formula is C16H19FN2O3. The molecule has 2 fully saturated rings. The predicted molar refractivity (Wildman–Crippen MR) is 77.6 cm³/mol. The van der Waals surface area contributed by atoms with E-state index in [1.807, 2.05) is 0 Å². The molecule has 118 valence electrons. The van der Waals surface area contributed by atoms with Gasteiger partial charge in [-0.3, -0.25) is 9.59 Å². The third-order valence-corrected chi connectivity index (χ3v) is 4.32. The van der Waals surface area contributed by atoms with Gasteiger partial charge in [-0.05, 0) is 37.1 Å². The van der Waals surface area contributed by atoms with E-state index in [-0.39, 0.29) is 23.5 Å². The minimum atomic E-state index is -0.413. The van der Waals surface area contributed by atoms with Crippen LogP contribution < -0.4 is 0 Å². The zero-order chi connectivity index (χ0) is 15.7. The van der Waals surface area contributed by atoms with Crippen molar-refractivity contribution in [2.24, 2.45) is 5.92 Å². The SMILES string of the molecule is O=C(c1ccc(F)cc1)N1CCCC(C(=O)N2CC(O)C2)C1. The van der Waals surface area contributed by atoms with Crippen LogP contribution >= 0.6 is 0 Å². The van der Waals surface area contributed by atoms with E-state index in [2.05, 4.69) is 0 Å². The van der Waals surface area contributed by atoms with E-state index in [1.165, 1.54) is 24.3 Å². The maximum absolute atomic E-state index is 12.9. The number of aliphatic hydroxyl groups excluding tert-OH is 1. The summed E-state index contributed by atoms with van der Waals surface area (Å²) in [6, 6.07) is 5.46. The molecule has 3 rings (SSSR count). The average molecular weight is 306 g/mol. The molecule has 2 aliphatic rings. The lowest BCUT2D eigenvalue weighted by atomic mass is 9.94. The van der Waals surface area contributed by atoms with Gasteiger partial charge < -0.3 is 14.9 Å². The number of nitrogens with zero attached hydrogens (tertiary/aromatic N) is 2. The molecule has 0 bridgehead atoms. The third kappa shape index (κ3) is 2.97. The normalized spacial score (nSPS) is 22.4. The lowest BCUT2D eigenvalue weighted by Gasteiger charge is -2.40. The zero-order valence-corrected chi connectivity index (χ0v) is 12.2. The van der Waals surface area contributed by atoms with Crippen molar-refractivity contribution < 1.29 is 19.1 Å². The molecule has 1 aromatic rings. The second kappa shape index (κ2) is 6.04. The number of benzene rings is 1. The van der Waals surface area contributed by atoms with Crippen LogP contribution in [0.3, 0.4) is 0 Å². The first-order valence-electron chi connectivity index (χ1n) is 7.56. The largest absolute Gasteiger partial charge is 0.389 e. The average Bonchev–Trinajstić information content (AvgIpc) is 2.51. The number of hydrogen-bond donors (Lipinski definition) is 1. The van der Waals surface area contributed by atoms with E-state index < -0.39 is 6.10 Å². The first-order valence-corrected chi connectivity index (χ1v) is 7.56. The molecule has 0 radical (unpaired) electrons. The molecule has 5 nitrogen and oxygen atoms in total. The van der Waals surface area contributed by atoms with E-state index in [0.717, 1.165) is 12.8 Å². The number of β-amino-alcohol motifs (C(OH)–C–C–N with tert-alkyl or cyclic N) is 1. The van der Waals surface area contributed by atoms with Crippen LogP contribution in [0.1, 0.15) is 23.2 Å². The maximum atomic E-state index is 12.9. The van der Waals surface area contributed by atoms with Gasteiger partial charge in [0.1, 0.15) is 5.82 Å². The molecule has 1 unspecified atom stereocenters. The summed E-state index contributed by atoms with van der Waals surface area (Å²) >= 11 is 0. The summed E-state index contributed by atoms with van der Waals surface area (Å²) in [5.74, 6) is -0.728. The topological polar surface area (TPSA) is 60.9 Å². The van der Waals surface area contributed by atoms with Gasteiger partial charge in [-0.1, -0.05) is 0 Å². The third-order valence-electron chi connectivity index (χ3n) is 4.32.